The maximum atomic E-state index is 2.20. The summed E-state index contributed by atoms with van der Waals surface area (Å²) in [6, 6.07) is 14.7. The van der Waals surface area contributed by atoms with E-state index in [1.807, 2.05) is 12.1 Å². The van der Waals surface area contributed by atoms with E-state index in [9.17, 15) is 0 Å². The Bertz CT molecular complexity index is 336. The van der Waals surface area contributed by atoms with Crippen molar-refractivity contribution >= 4 is 0 Å². The third kappa shape index (κ3) is 3.29. The molecule has 0 unspecified atom stereocenters. The van der Waals surface area contributed by atoms with Gasteiger partial charge in [-0.15, -0.1) is 0 Å². The summed E-state index contributed by atoms with van der Waals surface area (Å²) in [4.78, 5) is 0. The molecule has 0 aliphatic rings. The van der Waals surface area contributed by atoms with Crippen molar-refractivity contribution in [3.63, 3.8) is 0 Å². The van der Waals surface area contributed by atoms with Crippen molar-refractivity contribution < 1.29 is 0 Å². The van der Waals surface area contributed by atoms with Gasteiger partial charge in [0, 0.05) is 0 Å². The molecule has 0 amide bonds. The zero-order valence-corrected chi connectivity index (χ0v) is 8.54. The van der Waals surface area contributed by atoms with Crippen molar-refractivity contribution in [3.05, 3.63) is 59.2 Å². The highest BCUT2D eigenvalue weighted by molar-refractivity contribution is 5.24. The van der Waals surface area contributed by atoms with Gasteiger partial charge in [-0.2, -0.15) is 0 Å². The van der Waals surface area contributed by atoms with Gasteiger partial charge in [0.1, 0.15) is 0 Å². The molecule has 68 valence electrons. The fourth-order valence-corrected chi connectivity index (χ4v) is 1.17. The lowest BCUT2D eigenvalue weighted by Crippen LogP contribution is -1.75. The van der Waals surface area contributed by atoms with Gasteiger partial charge in [-0.1, -0.05) is 48.0 Å². The topological polar surface area (TPSA) is 0 Å². The maximum absolute atomic E-state index is 2.20. The highest BCUT2D eigenvalue weighted by Gasteiger charge is 1.85. The van der Waals surface area contributed by atoms with Gasteiger partial charge in [-0.25, -0.2) is 0 Å². The zero-order valence-electron chi connectivity index (χ0n) is 8.54. The van der Waals surface area contributed by atoms with E-state index in [1.54, 1.807) is 0 Å². The average Bonchev–Trinajstić information content (AvgIpc) is 2.09. The summed E-state index contributed by atoms with van der Waals surface area (Å²) < 4.78 is 0. The molecule has 1 aromatic rings. The molecular weight excluding hydrogens is 156 g/mol. The van der Waals surface area contributed by atoms with Crippen LogP contribution in [0.2, 0.25) is 0 Å². The van der Waals surface area contributed by atoms with Gasteiger partial charge in [0.25, 0.3) is 0 Å². The Morgan fingerprint density at radius 2 is 1.31 bits per heavy atom. The molecule has 0 fully saturated rings. The van der Waals surface area contributed by atoms with Crippen molar-refractivity contribution in [2.45, 2.75) is 20.8 Å². The van der Waals surface area contributed by atoms with Crippen molar-refractivity contribution in [2.75, 3.05) is 0 Å². The molecule has 0 atom stereocenters. The van der Waals surface area contributed by atoms with Crippen LogP contribution in [0.25, 0.3) is 0 Å². The third-order valence-corrected chi connectivity index (χ3v) is 2.10. The molecule has 0 aromatic heterocycles. The summed E-state index contributed by atoms with van der Waals surface area (Å²) in [6.07, 6.45) is 0. The first kappa shape index (κ1) is 9.79. The number of hydrogen-bond acceptors (Lipinski definition) is 0. The standard InChI is InChI=1S/C13H16/c1-11-8-6-4-5-7-9-12(2)13(3)10-11/h4-10H,1-3H3. The van der Waals surface area contributed by atoms with E-state index in [0.717, 1.165) is 0 Å². The van der Waals surface area contributed by atoms with E-state index in [-0.39, 0.29) is 0 Å². The summed E-state index contributed by atoms with van der Waals surface area (Å²) in [6.45, 7) is 6.39. The zero-order chi connectivity index (χ0) is 9.68. The molecule has 0 aliphatic heterocycles. The van der Waals surface area contributed by atoms with Crippen LogP contribution in [-0.2, 0) is 0 Å². The van der Waals surface area contributed by atoms with Crippen LogP contribution < -0.4 is 0 Å². The van der Waals surface area contributed by atoms with Gasteiger partial charge in [0.15, 0.2) is 0 Å². The van der Waals surface area contributed by atoms with E-state index in [0.29, 0.717) is 0 Å². The van der Waals surface area contributed by atoms with Gasteiger partial charge in [-0.05, 0) is 31.9 Å². The van der Waals surface area contributed by atoms with Gasteiger partial charge >= 0.3 is 0 Å². The molecule has 0 heterocycles. The Balaban J connectivity index is 3.37. The fraction of sp³-hybridized carbons (Fsp3) is 0.231. The highest BCUT2D eigenvalue weighted by atomic mass is 13.9. The second-order valence-corrected chi connectivity index (χ2v) is 3.36. The van der Waals surface area contributed by atoms with Crippen LogP contribution in [0.5, 0.6) is 0 Å². The fourth-order valence-electron chi connectivity index (χ4n) is 1.17. The van der Waals surface area contributed by atoms with Gasteiger partial charge in [0.2, 0.25) is 0 Å². The van der Waals surface area contributed by atoms with E-state index in [2.05, 4.69) is 51.1 Å². The highest BCUT2D eigenvalue weighted by Crippen LogP contribution is 2.03. The molecule has 1 rings (SSSR count). The largest absolute Gasteiger partial charge is 0.0623 e. The smallest absolute Gasteiger partial charge is 0.0395 e. The maximum Gasteiger partial charge on any atom is -0.0395 e. The lowest BCUT2D eigenvalue weighted by molar-refractivity contribution is 1.33. The minimum absolute atomic E-state index is 1.29. The molecular formula is C13H16. The quantitative estimate of drug-likeness (QED) is 0.559. The first-order valence-corrected chi connectivity index (χ1v) is 4.57. The molecule has 0 nitrogen and oxygen atoms in total. The molecule has 0 aliphatic carbocycles. The minimum atomic E-state index is 1.29. The van der Waals surface area contributed by atoms with E-state index in [1.165, 1.54) is 16.7 Å². The van der Waals surface area contributed by atoms with Crippen LogP contribution in [0.1, 0.15) is 16.7 Å². The van der Waals surface area contributed by atoms with Gasteiger partial charge < -0.3 is 0 Å². The summed E-state index contributed by atoms with van der Waals surface area (Å²) in [7, 11) is 0. The monoisotopic (exact) mass is 172 g/mol. The van der Waals surface area contributed by atoms with Crippen LogP contribution in [-0.4, -0.2) is 0 Å². The Kier molecular flexibility index (Phi) is 3.51. The average molecular weight is 172 g/mol. The predicted molar refractivity (Wildman–Crippen MR) is 58.3 cm³/mol. The van der Waals surface area contributed by atoms with Crippen LogP contribution >= 0.6 is 0 Å². The van der Waals surface area contributed by atoms with E-state index in [4.69, 9.17) is 0 Å². The molecule has 0 bridgehead atoms. The molecule has 0 N–H and O–H groups in total. The molecule has 13 heavy (non-hydrogen) atoms. The minimum Gasteiger partial charge on any atom is -0.0623 e. The van der Waals surface area contributed by atoms with Crippen LogP contribution in [0, 0.1) is 20.8 Å². The Labute approximate surface area is 80.6 Å². The number of aryl methyl sites for hydroxylation is 3. The normalized spacial score (nSPS) is 9.15. The summed E-state index contributed by atoms with van der Waals surface area (Å²) in [5.74, 6) is 0. The third-order valence-electron chi connectivity index (χ3n) is 2.10. The first-order valence-electron chi connectivity index (χ1n) is 4.57. The molecule has 0 heteroatoms. The van der Waals surface area contributed by atoms with Crippen molar-refractivity contribution in [2.24, 2.45) is 0 Å². The Morgan fingerprint density at radius 1 is 0.692 bits per heavy atom. The lowest BCUT2D eigenvalue weighted by atomic mass is 10.1. The summed E-state index contributed by atoms with van der Waals surface area (Å²) in [5, 5.41) is 0. The number of hydrogen-bond donors (Lipinski definition) is 0. The van der Waals surface area contributed by atoms with Crippen LogP contribution in [0.4, 0.5) is 0 Å². The second kappa shape index (κ2) is 4.66. The van der Waals surface area contributed by atoms with Gasteiger partial charge in [-0.3, -0.25) is 0 Å². The molecule has 1 aromatic carbocycles. The summed E-state index contributed by atoms with van der Waals surface area (Å²) in [5.41, 5.74) is 3.94. The first-order chi connectivity index (χ1) is 6.20. The second-order valence-electron chi connectivity index (χ2n) is 3.36. The molecule has 0 spiro atoms. The van der Waals surface area contributed by atoms with E-state index >= 15 is 0 Å². The van der Waals surface area contributed by atoms with Crippen molar-refractivity contribution in [1.82, 2.24) is 0 Å². The summed E-state index contributed by atoms with van der Waals surface area (Å²) >= 11 is 0. The molecule has 0 radical (unpaired) electrons. The van der Waals surface area contributed by atoms with Crippen molar-refractivity contribution in [1.29, 1.82) is 0 Å². The molecule has 0 saturated heterocycles. The van der Waals surface area contributed by atoms with E-state index < -0.39 is 0 Å². The lowest BCUT2D eigenvalue weighted by Gasteiger charge is -1.94. The Hall–Kier alpha value is -1.30. The van der Waals surface area contributed by atoms with Crippen LogP contribution in [0.3, 0.4) is 0 Å². The SMILES string of the molecule is Cc1ccccccc(C)c(C)c1. The van der Waals surface area contributed by atoms with Gasteiger partial charge in [0.05, 0.1) is 0 Å². The number of rotatable bonds is 0. The van der Waals surface area contributed by atoms with Crippen molar-refractivity contribution in [3.8, 4) is 0 Å². The van der Waals surface area contributed by atoms with Crippen LogP contribution in [0.15, 0.2) is 42.5 Å². The predicted octanol–water partition coefficient (Wildman–Crippen LogP) is 3.74. The Morgan fingerprint density at radius 3 is 2.00 bits per heavy atom. The molecule has 0 saturated carbocycles.